The van der Waals surface area contributed by atoms with Crippen molar-refractivity contribution in [1.82, 2.24) is 0 Å². The molecule has 0 radical (unpaired) electrons. The lowest BCUT2D eigenvalue weighted by Gasteiger charge is -2.09. The second-order valence-corrected chi connectivity index (χ2v) is 3.42. The number of nitrogens with zero attached hydrogens (tertiary/aromatic N) is 1. The van der Waals surface area contributed by atoms with E-state index >= 15 is 0 Å². The van der Waals surface area contributed by atoms with Crippen LogP contribution in [0, 0.1) is 16.2 Å². The van der Waals surface area contributed by atoms with Gasteiger partial charge in [0.05, 0.1) is 6.54 Å². The summed E-state index contributed by atoms with van der Waals surface area (Å²) >= 11 is 0. The Morgan fingerprint density at radius 3 is 2.82 bits per heavy atom. The highest BCUT2D eigenvalue weighted by molar-refractivity contribution is 6.09. The third kappa shape index (κ3) is 1.61. The number of hydrogen-bond acceptors (Lipinski definition) is 3. The Morgan fingerprint density at radius 2 is 2.45 bits per heavy atom. The Balaban J connectivity index is 2.26. The van der Waals surface area contributed by atoms with Gasteiger partial charge < -0.3 is 5.11 Å². The quantitative estimate of drug-likeness (QED) is 0.455. The molecule has 3 nitrogen and oxygen atoms in total. The van der Waals surface area contributed by atoms with Crippen LogP contribution in [0.3, 0.4) is 0 Å². The molecule has 1 saturated carbocycles. The number of rotatable bonds is 5. The Bertz CT molecular complexity index is 147. The lowest BCUT2D eigenvalue weighted by molar-refractivity contribution is 0.211. The highest BCUT2D eigenvalue weighted by atomic mass is 16.3. The third-order valence-corrected chi connectivity index (χ3v) is 2.95. The first-order chi connectivity index (χ1) is 5.29. The Morgan fingerprint density at radius 1 is 1.73 bits per heavy atom. The minimum atomic E-state index is 0.157. The molecule has 0 bridgehead atoms. The van der Waals surface area contributed by atoms with Crippen LogP contribution in [0.4, 0.5) is 0 Å². The van der Waals surface area contributed by atoms with E-state index in [1.54, 1.807) is 0 Å². The van der Waals surface area contributed by atoms with Gasteiger partial charge in [0.15, 0.2) is 0 Å². The van der Waals surface area contributed by atoms with Crippen LogP contribution in [0.25, 0.3) is 0 Å². The Kier molecular flexibility index (Phi) is 2.65. The van der Waals surface area contributed by atoms with Crippen LogP contribution in [0.5, 0.6) is 0 Å². The fourth-order valence-electron chi connectivity index (χ4n) is 1.79. The van der Waals surface area contributed by atoms with Gasteiger partial charge in [-0.2, -0.15) is 4.91 Å². The summed E-state index contributed by atoms with van der Waals surface area (Å²) in [4.78, 5) is 9.81. The molecule has 1 rings (SSSR count). The van der Waals surface area contributed by atoms with Crippen molar-refractivity contribution >= 4 is 7.85 Å². The first-order valence-corrected chi connectivity index (χ1v) is 4.19. The molecule has 62 valence electrons. The SMILES string of the molecule is BC[C@@]1(CO)C[C@@H]1CCN=O. The minimum Gasteiger partial charge on any atom is -0.396 e. The van der Waals surface area contributed by atoms with Gasteiger partial charge in [-0.3, -0.25) is 0 Å². The van der Waals surface area contributed by atoms with Gasteiger partial charge in [0.2, 0.25) is 0 Å². The van der Waals surface area contributed by atoms with Crippen molar-refractivity contribution in [2.24, 2.45) is 16.5 Å². The minimum absolute atomic E-state index is 0.157. The molecule has 11 heavy (non-hydrogen) atoms. The molecule has 0 spiro atoms. The monoisotopic (exact) mass is 155 g/mol. The standard InChI is InChI=1S/C7H14BNO2/c8-4-7(5-10)3-6(7)1-2-9-11/h6,10H,1-5,8H2/t6-,7+/m0/s1. The van der Waals surface area contributed by atoms with E-state index in [1.165, 1.54) is 0 Å². The van der Waals surface area contributed by atoms with Crippen LogP contribution < -0.4 is 0 Å². The van der Waals surface area contributed by atoms with Crippen LogP contribution in [0.2, 0.25) is 6.32 Å². The zero-order valence-electron chi connectivity index (χ0n) is 6.92. The summed E-state index contributed by atoms with van der Waals surface area (Å²) in [6.07, 6.45) is 2.96. The highest BCUT2D eigenvalue weighted by Gasteiger charge is 2.50. The summed E-state index contributed by atoms with van der Waals surface area (Å²) in [6, 6.07) is 0. The summed E-state index contributed by atoms with van der Waals surface area (Å²) < 4.78 is 0. The topological polar surface area (TPSA) is 49.7 Å². The largest absolute Gasteiger partial charge is 0.396 e. The van der Waals surface area contributed by atoms with Crippen molar-refractivity contribution in [2.75, 3.05) is 13.2 Å². The summed E-state index contributed by atoms with van der Waals surface area (Å²) in [5.41, 5.74) is 0.157. The molecular weight excluding hydrogens is 141 g/mol. The van der Waals surface area contributed by atoms with Crippen LogP contribution in [0.1, 0.15) is 12.8 Å². The molecule has 1 aliphatic carbocycles. The van der Waals surface area contributed by atoms with Crippen LogP contribution in [0.15, 0.2) is 5.18 Å². The maximum atomic E-state index is 9.81. The fourth-order valence-corrected chi connectivity index (χ4v) is 1.79. The number of nitroso groups, excluding NO2 is 1. The molecule has 0 amide bonds. The van der Waals surface area contributed by atoms with Crippen molar-refractivity contribution in [3.63, 3.8) is 0 Å². The average Bonchev–Trinajstić information content (AvgIpc) is 2.76. The second kappa shape index (κ2) is 3.35. The molecule has 0 aromatic heterocycles. The first kappa shape index (κ1) is 8.72. The van der Waals surface area contributed by atoms with Gasteiger partial charge >= 0.3 is 0 Å². The first-order valence-electron chi connectivity index (χ1n) is 4.19. The summed E-state index contributed by atoms with van der Waals surface area (Å²) in [7, 11) is 2.09. The van der Waals surface area contributed by atoms with Gasteiger partial charge in [-0.15, -0.1) is 0 Å². The number of hydrogen-bond donors (Lipinski definition) is 1. The van der Waals surface area contributed by atoms with Gasteiger partial charge in [0.25, 0.3) is 0 Å². The Hall–Kier alpha value is -0.375. The average molecular weight is 155 g/mol. The zero-order chi connectivity index (χ0) is 8.32. The molecule has 1 fully saturated rings. The van der Waals surface area contributed by atoms with Crippen LogP contribution in [-0.4, -0.2) is 26.1 Å². The van der Waals surface area contributed by atoms with Gasteiger partial charge in [-0.1, -0.05) is 11.5 Å². The van der Waals surface area contributed by atoms with Gasteiger partial charge in [-0.25, -0.2) is 0 Å². The molecule has 0 saturated heterocycles. The van der Waals surface area contributed by atoms with Gasteiger partial charge in [-0.05, 0) is 24.2 Å². The molecule has 0 heterocycles. The van der Waals surface area contributed by atoms with E-state index in [-0.39, 0.29) is 12.0 Å². The van der Waals surface area contributed by atoms with E-state index in [9.17, 15) is 4.91 Å². The fraction of sp³-hybridized carbons (Fsp3) is 1.00. The van der Waals surface area contributed by atoms with Crippen molar-refractivity contribution in [3.05, 3.63) is 4.91 Å². The molecule has 0 aromatic carbocycles. The predicted molar refractivity (Wildman–Crippen MR) is 46.3 cm³/mol. The van der Waals surface area contributed by atoms with Crippen LogP contribution in [-0.2, 0) is 0 Å². The van der Waals surface area contributed by atoms with E-state index in [0.717, 1.165) is 19.2 Å². The number of aliphatic hydroxyl groups is 1. The van der Waals surface area contributed by atoms with Crippen molar-refractivity contribution in [1.29, 1.82) is 0 Å². The van der Waals surface area contributed by atoms with E-state index in [1.807, 2.05) is 0 Å². The second-order valence-electron chi connectivity index (χ2n) is 3.42. The lowest BCUT2D eigenvalue weighted by Crippen LogP contribution is -2.09. The van der Waals surface area contributed by atoms with E-state index in [2.05, 4.69) is 13.0 Å². The summed E-state index contributed by atoms with van der Waals surface area (Å²) in [6.45, 7) is 0.680. The molecule has 2 atom stereocenters. The zero-order valence-corrected chi connectivity index (χ0v) is 6.92. The molecule has 1 N–H and O–H groups in total. The predicted octanol–water partition coefficient (Wildman–Crippen LogP) is 0.193. The third-order valence-electron chi connectivity index (χ3n) is 2.95. The maximum Gasteiger partial charge on any atom is 0.102 e. The van der Waals surface area contributed by atoms with Crippen molar-refractivity contribution in [2.45, 2.75) is 19.2 Å². The van der Waals surface area contributed by atoms with E-state index in [4.69, 9.17) is 5.11 Å². The molecule has 0 unspecified atom stereocenters. The Labute approximate surface area is 67.6 Å². The molecule has 0 aromatic rings. The number of aliphatic hydroxyl groups excluding tert-OH is 1. The molecule has 1 aliphatic rings. The summed E-state index contributed by atoms with van der Waals surface area (Å²) in [5, 5.41) is 11.8. The van der Waals surface area contributed by atoms with E-state index < -0.39 is 0 Å². The highest BCUT2D eigenvalue weighted by Crippen LogP contribution is 2.56. The molecule has 0 aliphatic heterocycles. The normalized spacial score (nSPS) is 35.2. The smallest absolute Gasteiger partial charge is 0.102 e. The maximum absolute atomic E-state index is 9.81. The van der Waals surface area contributed by atoms with Gasteiger partial charge in [0.1, 0.15) is 7.85 Å². The summed E-state index contributed by atoms with van der Waals surface area (Å²) in [5.74, 6) is 0.551. The molecule has 4 heteroatoms. The van der Waals surface area contributed by atoms with E-state index in [0.29, 0.717) is 12.5 Å². The lowest BCUT2D eigenvalue weighted by atomic mass is 9.86. The van der Waals surface area contributed by atoms with Crippen LogP contribution >= 0.6 is 0 Å². The van der Waals surface area contributed by atoms with Gasteiger partial charge in [0, 0.05) is 6.61 Å². The van der Waals surface area contributed by atoms with Crippen molar-refractivity contribution in [3.8, 4) is 0 Å². The van der Waals surface area contributed by atoms with Crippen molar-refractivity contribution < 1.29 is 5.11 Å². The molecular formula is C7H14BNO2.